The molecule has 0 saturated heterocycles. The third kappa shape index (κ3) is 4.90. The first-order valence-electron chi connectivity index (χ1n) is 8.30. The lowest BCUT2D eigenvalue weighted by Gasteiger charge is -2.06. The maximum Gasteiger partial charge on any atom is 0.321 e. The summed E-state index contributed by atoms with van der Waals surface area (Å²) in [6.07, 6.45) is 4.23. The smallest absolute Gasteiger partial charge is 0.321 e. The molecular formula is C17H22N4O3S. The van der Waals surface area contributed by atoms with Gasteiger partial charge in [0.2, 0.25) is 0 Å². The number of aromatic nitrogens is 2. The Bertz CT molecular complexity index is 810. The van der Waals surface area contributed by atoms with Crippen LogP contribution in [0.5, 0.6) is 0 Å². The van der Waals surface area contributed by atoms with Crippen molar-refractivity contribution in [1.82, 2.24) is 14.9 Å². The van der Waals surface area contributed by atoms with E-state index in [0.717, 1.165) is 28.7 Å². The van der Waals surface area contributed by atoms with Crippen LogP contribution in [0.3, 0.4) is 0 Å². The summed E-state index contributed by atoms with van der Waals surface area (Å²) in [5.41, 5.74) is 1.50. The summed E-state index contributed by atoms with van der Waals surface area (Å²) in [7, 11) is 1.71. The summed E-state index contributed by atoms with van der Waals surface area (Å²) in [5, 5.41) is 5.98. The third-order valence-electron chi connectivity index (χ3n) is 3.97. The molecule has 0 atom stereocenters. The van der Waals surface area contributed by atoms with Gasteiger partial charge in [0.1, 0.15) is 0 Å². The number of nitrogens with one attached hydrogen (secondary N) is 2. The van der Waals surface area contributed by atoms with E-state index in [1.54, 1.807) is 19.3 Å². The number of hydrogen-bond donors (Lipinski definition) is 2. The van der Waals surface area contributed by atoms with Crippen LogP contribution >= 0.6 is 11.3 Å². The molecule has 1 aliphatic rings. The van der Waals surface area contributed by atoms with Gasteiger partial charge in [-0.3, -0.25) is 10.1 Å². The molecule has 0 radical (unpaired) electrons. The van der Waals surface area contributed by atoms with Crippen molar-refractivity contribution < 1.29 is 9.53 Å². The SMILES string of the molecule is Cc1nc(NC(=O)NCCOCC2CC2)sc1-c1ccn(C)c(=O)c1. The van der Waals surface area contributed by atoms with Gasteiger partial charge in [-0.15, -0.1) is 0 Å². The average molecular weight is 362 g/mol. The maximum absolute atomic E-state index is 11.9. The van der Waals surface area contributed by atoms with Gasteiger partial charge in [-0.2, -0.15) is 0 Å². The largest absolute Gasteiger partial charge is 0.379 e. The van der Waals surface area contributed by atoms with Crippen LogP contribution in [0.15, 0.2) is 23.1 Å². The van der Waals surface area contributed by atoms with Gasteiger partial charge in [0.25, 0.3) is 5.56 Å². The predicted octanol–water partition coefficient (Wildman–Crippen LogP) is 2.37. The van der Waals surface area contributed by atoms with Crippen LogP contribution in [0.25, 0.3) is 10.4 Å². The van der Waals surface area contributed by atoms with Crippen LogP contribution in [0, 0.1) is 12.8 Å². The summed E-state index contributed by atoms with van der Waals surface area (Å²) in [6, 6.07) is 3.13. The first-order valence-corrected chi connectivity index (χ1v) is 9.11. The highest BCUT2D eigenvalue weighted by Gasteiger charge is 2.20. The van der Waals surface area contributed by atoms with Crippen molar-refractivity contribution in [3.8, 4) is 10.4 Å². The summed E-state index contributed by atoms with van der Waals surface area (Å²) in [6.45, 7) is 3.62. The van der Waals surface area contributed by atoms with E-state index in [-0.39, 0.29) is 11.6 Å². The Hall–Kier alpha value is -2.19. The van der Waals surface area contributed by atoms with Gasteiger partial charge in [-0.25, -0.2) is 9.78 Å². The molecule has 0 unspecified atom stereocenters. The molecule has 2 heterocycles. The molecule has 1 saturated carbocycles. The maximum atomic E-state index is 11.9. The number of ether oxygens (including phenoxy) is 1. The zero-order chi connectivity index (χ0) is 17.8. The molecule has 2 amide bonds. The third-order valence-corrected chi connectivity index (χ3v) is 5.09. The van der Waals surface area contributed by atoms with E-state index in [9.17, 15) is 9.59 Å². The molecule has 0 bridgehead atoms. The average Bonchev–Trinajstić information content (AvgIpc) is 3.32. The lowest BCUT2D eigenvalue weighted by molar-refractivity contribution is 0.127. The molecule has 134 valence electrons. The van der Waals surface area contributed by atoms with E-state index in [1.807, 2.05) is 13.0 Å². The molecule has 1 fully saturated rings. The normalized spacial score (nSPS) is 13.7. The molecule has 3 rings (SSSR count). The van der Waals surface area contributed by atoms with E-state index in [2.05, 4.69) is 15.6 Å². The number of hydrogen-bond acceptors (Lipinski definition) is 5. The summed E-state index contributed by atoms with van der Waals surface area (Å²) in [4.78, 5) is 28.9. The topological polar surface area (TPSA) is 85.2 Å². The number of anilines is 1. The van der Waals surface area contributed by atoms with Gasteiger partial charge in [0.05, 0.1) is 17.2 Å². The number of carbonyl (C=O) groups is 1. The molecule has 2 N–H and O–H groups in total. The van der Waals surface area contributed by atoms with E-state index in [1.165, 1.54) is 28.7 Å². The summed E-state index contributed by atoms with van der Waals surface area (Å²) in [5.74, 6) is 0.723. The van der Waals surface area contributed by atoms with Gasteiger partial charge in [-0.1, -0.05) is 11.3 Å². The zero-order valence-electron chi connectivity index (χ0n) is 14.4. The minimum absolute atomic E-state index is 0.0799. The number of nitrogens with zero attached hydrogens (tertiary/aromatic N) is 2. The van der Waals surface area contributed by atoms with Gasteiger partial charge < -0.3 is 14.6 Å². The van der Waals surface area contributed by atoms with Crippen LogP contribution in [0.4, 0.5) is 9.93 Å². The predicted molar refractivity (Wildman–Crippen MR) is 98.1 cm³/mol. The molecule has 2 aromatic rings. The molecular weight excluding hydrogens is 340 g/mol. The second kappa shape index (κ2) is 7.79. The van der Waals surface area contributed by atoms with Crippen molar-refractivity contribution in [2.45, 2.75) is 19.8 Å². The first-order chi connectivity index (χ1) is 12.0. The number of urea groups is 1. The minimum Gasteiger partial charge on any atom is -0.379 e. The fraction of sp³-hybridized carbons (Fsp3) is 0.471. The van der Waals surface area contributed by atoms with Crippen molar-refractivity contribution in [3.63, 3.8) is 0 Å². The molecule has 25 heavy (non-hydrogen) atoms. The molecule has 1 aliphatic carbocycles. The second-order valence-corrected chi connectivity index (χ2v) is 7.20. The standard InChI is InChI=1S/C17H22N4O3S/c1-11-15(13-5-7-21(2)14(22)9-13)25-17(19-11)20-16(23)18-6-8-24-10-12-3-4-12/h5,7,9,12H,3-4,6,8,10H2,1-2H3,(H2,18,19,20,23). The fourth-order valence-electron chi connectivity index (χ4n) is 2.32. The Labute approximate surface area is 150 Å². The van der Waals surface area contributed by atoms with Crippen LogP contribution < -0.4 is 16.2 Å². The molecule has 7 nitrogen and oxygen atoms in total. The zero-order valence-corrected chi connectivity index (χ0v) is 15.2. The Balaban J connectivity index is 1.53. The number of aryl methyl sites for hydroxylation is 2. The highest BCUT2D eigenvalue weighted by molar-refractivity contribution is 7.19. The van der Waals surface area contributed by atoms with Gasteiger partial charge in [0.15, 0.2) is 5.13 Å². The van der Waals surface area contributed by atoms with Crippen molar-refractivity contribution >= 4 is 22.5 Å². The Kier molecular flexibility index (Phi) is 5.50. The molecule has 2 aromatic heterocycles. The lowest BCUT2D eigenvalue weighted by atomic mass is 10.2. The van der Waals surface area contributed by atoms with Crippen molar-refractivity contribution in [3.05, 3.63) is 34.4 Å². The number of carbonyl (C=O) groups excluding carboxylic acids is 1. The number of pyridine rings is 1. The van der Waals surface area contributed by atoms with E-state index in [4.69, 9.17) is 4.74 Å². The molecule has 0 aliphatic heterocycles. The summed E-state index contributed by atoms with van der Waals surface area (Å²) >= 11 is 1.35. The number of amides is 2. The van der Waals surface area contributed by atoms with Crippen molar-refractivity contribution in [2.75, 3.05) is 25.1 Å². The van der Waals surface area contributed by atoms with E-state index < -0.39 is 0 Å². The molecule has 0 aromatic carbocycles. The van der Waals surface area contributed by atoms with Crippen LogP contribution in [0.2, 0.25) is 0 Å². The molecule has 8 heteroatoms. The summed E-state index contributed by atoms with van der Waals surface area (Å²) < 4.78 is 6.98. The highest BCUT2D eigenvalue weighted by Crippen LogP contribution is 2.31. The molecule has 0 spiro atoms. The van der Waals surface area contributed by atoms with Gasteiger partial charge >= 0.3 is 6.03 Å². The quantitative estimate of drug-likeness (QED) is 0.741. The van der Waals surface area contributed by atoms with Crippen LogP contribution in [0.1, 0.15) is 18.5 Å². The second-order valence-electron chi connectivity index (χ2n) is 6.20. The van der Waals surface area contributed by atoms with Crippen LogP contribution in [-0.4, -0.2) is 35.3 Å². The fourth-order valence-corrected chi connectivity index (χ4v) is 3.28. The van der Waals surface area contributed by atoms with Gasteiger partial charge in [-0.05, 0) is 31.7 Å². The minimum atomic E-state index is -0.306. The van der Waals surface area contributed by atoms with Crippen molar-refractivity contribution in [2.24, 2.45) is 13.0 Å². The Morgan fingerprint density at radius 1 is 1.48 bits per heavy atom. The monoisotopic (exact) mass is 362 g/mol. The highest BCUT2D eigenvalue weighted by atomic mass is 32.1. The van der Waals surface area contributed by atoms with E-state index in [0.29, 0.717) is 18.3 Å². The van der Waals surface area contributed by atoms with Crippen molar-refractivity contribution in [1.29, 1.82) is 0 Å². The first kappa shape index (κ1) is 17.6. The number of thiazole rings is 1. The van der Waals surface area contributed by atoms with Crippen LogP contribution in [-0.2, 0) is 11.8 Å². The van der Waals surface area contributed by atoms with Gasteiger partial charge in [0, 0.05) is 38.0 Å². The number of rotatable bonds is 7. The Morgan fingerprint density at radius 3 is 3.00 bits per heavy atom. The lowest BCUT2D eigenvalue weighted by Crippen LogP contribution is -2.31. The Morgan fingerprint density at radius 2 is 2.28 bits per heavy atom. The van der Waals surface area contributed by atoms with E-state index >= 15 is 0 Å².